The number of nitrogens with zero attached hydrogens (tertiary/aromatic N) is 1. The lowest BCUT2D eigenvalue weighted by Gasteiger charge is -2.33. The second-order valence-corrected chi connectivity index (χ2v) is 19.0. The van der Waals surface area contributed by atoms with E-state index >= 15 is 0 Å². The van der Waals surface area contributed by atoms with Crippen LogP contribution >= 0.6 is 22.7 Å². The first kappa shape index (κ1) is 36.6. The molecule has 0 aliphatic heterocycles. The summed E-state index contributed by atoms with van der Waals surface area (Å²) in [4.78, 5) is 2.62. The Morgan fingerprint density at radius 3 is 1.49 bits per heavy atom. The lowest BCUT2D eigenvalue weighted by atomic mass is 9.80. The minimum atomic E-state index is 0.608. The third-order valence-corrected chi connectivity index (χ3v) is 15.7. The van der Waals surface area contributed by atoms with Gasteiger partial charge in [-0.25, -0.2) is 0 Å². The van der Waals surface area contributed by atoms with Gasteiger partial charge in [-0.1, -0.05) is 159 Å². The maximum absolute atomic E-state index is 2.62. The highest BCUT2D eigenvalue weighted by Gasteiger charge is 2.27. The molecule has 0 saturated heterocycles. The fourth-order valence-corrected chi connectivity index (χ4v) is 13.0. The number of benzene rings is 8. The van der Waals surface area contributed by atoms with Gasteiger partial charge in [0.05, 0.1) is 17.1 Å². The quantitative estimate of drug-likeness (QED) is 0.155. The molecule has 1 saturated carbocycles. The van der Waals surface area contributed by atoms with Crippen LogP contribution in [0.15, 0.2) is 176 Å². The highest BCUT2D eigenvalue weighted by atomic mass is 32.1. The molecule has 3 heteroatoms. The molecule has 12 rings (SSSR count). The van der Waals surface area contributed by atoms with Crippen molar-refractivity contribution in [3.05, 3.63) is 197 Å². The van der Waals surface area contributed by atoms with Crippen LogP contribution in [-0.4, -0.2) is 0 Å². The lowest BCUT2D eigenvalue weighted by molar-refractivity contribution is 0.442. The second kappa shape index (κ2) is 15.3. The molecule has 0 atom stereocenters. The van der Waals surface area contributed by atoms with Gasteiger partial charge in [-0.05, 0) is 107 Å². The first-order valence-electron chi connectivity index (χ1n) is 22.0. The molecule has 2 aromatic heterocycles. The predicted molar refractivity (Wildman–Crippen MR) is 266 cm³/mol. The second-order valence-electron chi connectivity index (χ2n) is 16.8. The average Bonchev–Trinajstić information content (AvgIpc) is 3.91. The summed E-state index contributed by atoms with van der Waals surface area (Å²) in [7, 11) is 0. The number of hydrogen-bond acceptors (Lipinski definition) is 3. The van der Waals surface area contributed by atoms with E-state index in [0.717, 1.165) is 12.8 Å². The zero-order valence-corrected chi connectivity index (χ0v) is 35.7. The third kappa shape index (κ3) is 6.17. The monoisotopic (exact) mass is 819 g/mol. The van der Waals surface area contributed by atoms with Gasteiger partial charge in [-0.3, -0.25) is 0 Å². The standard InChI is InChI=1S/C58H45NS2/c1-2-18-38(19-3-1)40-27-14-20-39-21-15-28-44(56(39)40)41-22-4-9-31-49(41)59(50-32-10-5-23-42(50)45-29-16-36-54-57(45)47-25-7-12-34-52(47)60-54)51-33-11-6-24-43(51)46-30-17-37-55-58(46)48-26-8-13-35-53(48)61-55/h4-14,16-17,20-27,29-38H,1-3,15,18-19,28H2. The minimum absolute atomic E-state index is 0.608. The number of para-hydroxylation sites is 3. The minimum Gasteiger partial charge on any atom is -0.309 e. The molecule has 10 aromatic rings. The van der Waals surface area contributed by atoms with Gasteiger partial charge in [0, 0.05) is 57.0 Å². The molecule has 0 amide bonds. The van der Waals surface area contributed by atoms with Gasteiger partial charge in [0.1, 0.15) is 0 Å². The Labute approximate surface area is 365 Å². The van der Waals surface area contributed by atoms with Crippen molar-refractivity contribution in [2.75, 3.05) is 4.90 Å². The van der Waals surface area contributed by atoms with Crippen LogP contribution in [0.3, 0.4) is 0 Å². The third-order valence-electron chi connectivity index (χ3n) is 13.4. The Morgan fingerprint density at radius 2 is 0.885 bits per heavy atom. The highest BCUT2D eigenvalue weighted by Crippen LogP contribution is 2.51. The van der Waals surface area contributed by atoms with Crippen LogP contribution in [0.2, 0.25) is 0 Å². The van der Waals surface area contributed by atoms with Gasteiger partial charge < -0.3 is 4.90 Å². The molecule has 1 nitrogen and oxygen atoms in total. The summed E-state index contributed by atoms with van der Waals surface area (Å²) in [5, 5.41) is 8.18. The van der Waals surface area contributed by atoms with Crippen LogP contribution in [0, 0.1) is 0 Å². The van der Waals surface area contributed by atoms with Crippen LogP contribution < -0.4 is 15.3 Å². The summed E-state index contributed by atoms with van der Waals surface area (Å²) in [5.41, 5.74) is 12.9. The van der Waals surface area contributed by atoms with Crippen LogP contribution in [-0.2, 0) is 0 Å². The number of rotatable bonds is 7. The van der Waals surface area contributed by atoms with Crippen molar-refractivity contribution >= 4 is 91.7 Å². The van der Waals surface area contributed by atoms with Crippen LogP contribution in [0.1, 0.15) is 62.0 Å². The van der Waals surface area contributed by atoms with Crippen molar-refractivity contribution in [2.45, 2.75) is 50.9 Å². The van der Waals surface area contributed by atoms with E-state index in [2.05, 4.69) is 187 Å². The van der Waals surface area contributed by atoms with E-state index in [9.17, 15) is 0 Å². The Kier molecular flexibility index (Phi) is 9.19. The fraction of sp³-hybridized carbons (Fsp3) is 0.138. The van der Waals surface area contributed by atoms with E-state index in [0.29, 0.717) is 5.92 Å². The van der Waals surface area contributed by atoms with Gasteiger partial charge in [0.25, 0.3) is 0 Å². The number of anilines is 3. The highest BCUT2D eigenvalue weighted by molar-refractivity contribution is 7.26. The van der Waals surface area contributed by atoms with E-state index in [4.69, 9.17) is 0 Å². The molecule has 1 fully saturated rings. The topological polar surface area (TPSA) is 3.24 Å². The van der Waals surface area contributed by atoms with Gasteiger partial charge in [0.15, 0.2) is 0 Å². The molecule has 2 aliphatic carbocycles. The number of fused-ring (bicyclic) bond motifs is 7. The fourth-order valence-electron chi connectivity index (χ4n) is 10.7. The Balaban J connectivity index is 1.17. The van der Waals surface area contributed by atoms with Crippen LogP contribution in [0.5, 0.6) is 0 Å². The van der Waals surface area contributed by atoms with E-state index in [1.807, 2.05) is 22.7 Å². The predicted octanol–water partition coefficient (Wildman–Crippen LogP) is 16.0. The first-order valence-corrected chi connectivity index (χ1v) is 23.6. The van der Waals surface area contributed by atoms with Crippen LogP contribution in [0.4, 0.5) is 17.1 Å². The van der Waals surface area contributed by atoms with Crippen molar-refractivity contribution < 1.29 is 0 Å². The molecule has 0 unspecified atom stereocenters. The van der Waals surface area contributed by atoms with Crippen molar-refractivity contribution in [3.63, 3.8) is 0 Å². The Morgan fingerprint density at radius 1 is 0.410 bits per heavy atom. The summed E-state index contributed by atoms with van der Waals surface area (Å²) >= 11 is 3.78. The van der Waals surface area contributed by atoms with Crippen molar-refractivity contribution in [3.8, 4) is 22.3 Å². The first-order chi connectivity index (χ1) is 30.3. The number of hydrogen-bond donors (Lipinski definition) is 0. The summed E-state index contributed by atoms with van der Waals surface area (Å²) in [5.74, 6) is 0.608. The molecule has 2 heterocycles. The summed E-state index contributed by atoms with van der Waals surface area (Å²) < 4.78 is 5.28. The molecule has 2 aliphatic rings. The van der Waals surface area contributed by atoms with E-state index in [1.54, 1.807) is 5.56 Å². The molecule has 0 N–H and O–H groups in total. The van der Waals surface area contributed by atoms with E-state index < -0.39 is 0 Å². The van der Waals surface area contributed by atoms with E-state index in [-0.39, 0.29) is 0 Å². The van der Waals surface area contributed by atoms with Crippen LogP contribution in [0.25, 0.3) is 74.2 Å². The maximum Gasteiger partial charge on any atom is 0.0540 e. The number of thiophene rings is 2. The van der Waals surface area contributed by atoms with E-state index in [1.165, 1.54) is 133 Å². The zero-order valence-electron chi connectivity index (χ0n) is 34.1. The molecule has 8 aromatic carbocycles. The smallest absolute Gasteiger partial charge is 0.0540 e. The summed E-state index contributed by atoms with van der Waals surface area (Å²) in [6, 6.07) is 66.3. The van der Waals surface area contributed by atoms with Crippen molar-refractivity contribution in [1.29, 1.82) is 0 Å². The normalized spacial score (nSPS) is 14.5. The molecule has 0 bridgehead atoms. The largest absolute Gasteiger partial charge is 0.309 e. The molecular weight excluding hydrogens is 775 g/mol. The van der Waals surface area contributed by atoms with Crippen molar-refractivity contribution in [1.82, 2.24) is 0 Å². The van der Waals surface area contributed by atoms with Gasteiger partial charge in [0.2, 0.25) is 0 Å². The molecule has 294 valence electrons. The SMILES string of the molecule is C1=c2cccc(C3CCCCC3)c2=C(c2ccccc2N(c2ccccc2-c2cccc3sc4ccccc4c23)c2ccccc2-c2cccc3sc4ccccc4c23)CC1. The Bertz CT molecular complexity index is 3280. The summed E-state index contributed by atoms with van der Waals surface area (Å²) in [6.45, 7) is 0. The lowest BCUT2D eigenvalue weighted by Crippen LogP contribution is -2.35. The van der Waals surface area contributed by atoms with Crippen molar-refractivity contribution in [2.24, 2.45) is 0 Å². The average molecular weight is 820 g/mol. The van der Waals surface area contributed by atoms with Gasteiger partial charge in [-0.2, -0.15) is 0 Å². The molecule has 0 radical (unpaired) electrons. The maximum atomic E-state index is 2.62. The zero-order chi connectivity index (χ0) is 40.3. The summed E-state index contributed by atoms with van der Waals surface area (Å²) in [6.07, 6.45) is 11.1. The van der Waals surface area contributed by atoms with Gasteiger partial charge in [-0.15, -0.1) is 22.7 Å². The Hall–Kier alpha value is -6.26. The molecule has 0 spiro atoms. The molecule has 61 heavy (non-hydrogen) atoms. The molecular formula is C58H45NS2. The van der Waals surface area contributed by atoms with Gasteiger partial charge >= 0.3 is 0 Å².